The molecule has 25 heavy (non-hydrogen) atoms. The molecule has 0 bridgehead atoms. The number of rotatable bonds is 4. The molecule has 1 aliphatic rings. The van der Waals surface area contributed by atoms with Crippen LogP contribution in [0.15, 0.2) is 33.7 Å². The van der Waals surface area contributed by atoms with E-state index in [9.17, 15) is 0 Å². The number of aromatic nitrogens is 1. The van der Waals surface area contributed by atoms with E-state index in [0.29, 0.717) is 12.6 Å². The summed E-state index contributed by atoms with van der Waals surface area (Å²) in [6.07, 6.45) is 1.10. The Hall–Kier alpha value is -1.60. The molecule has 134 valence electrons. The Morgan fingerprint density at radius 1 is 1.36 bits per heavy atom. The normalized spacial score (nSPS) is 17.8. The molecule has 0 aliphatic carbocycles. The van der Waals surface area contributed by atoms with Crippen LogP contribution in [0.4, 0.5) is 5.69 Å². The van der Waals surface area contributed by atoms with E-state index >= 15 is 0 Å². The highest BCUT2D eigenvalue weighted by Crippen LogP contribution is 2.22. The number of guanidine groups is 1. The molecular formula is C18H24BrN5S. The molecule has 1 saturated heterocycles. The Bertz CT molecular complexity index is 721. The van der Waals surface area contributed by atoms with Crippen LogP contribution in [0.1, 0.15) is 22.0 Å². The lowest BCUT2D eigenvalue weighted by atomic mass is 10.3. The summed E-state index contributed by atoms with van der Waals surface area (Å²) in [5.41, 5.74) is 2.38. The van der Waals surface area contributed by atoms with E-state index in [1.54, 1.807) is 11.3 Å². The Kier molecular flexibility index (Phi) is 5.96. The van der Waals surface area contributed by atoms with Gasteiger partial charge in [-0.1, -0.05) is 15.9 Å². The Labute approximate surface area is 161 Å². The molecule has 1 aliphatic heterocycles. The van der Waals surface area contributed by atoms with Gasteiger partial charge in [0.25, 0.3) is 0 Å². The number of thiazole rings is 1. The van der Waals surface area contributed by atoms with Crippen molar-refractivity contribution in [3.8, 4) is 0 Å². The predicted octanol–water partition coefficient (Wildman–Crippen LogP) is 3.47. The first-order chi connectivity index (χ1) is 12.0. The summed E-state index contributed by atoms with van der Waals surface area (Å²) < 4.78 is 1.11. The average molecular weight is 422 g/mol. The summed E-state index contributed by atoms with van der Waals surface area (Å²) in [6, 6.07) is 8.90. The topological polar surface area (TPSA) is 52.6 Å². The number of nitrogens with zero attached hydrogens (tertiary/aromatic N) is 3. The van der Waals surface area contributed by atoms with Crippen molar-refractivity contribution in [2.75, 3.05) is 25.0 Å². The van der Waals surface area contributed by atoms with Crippen LogP contribution in [0.2, 0.25) is 0 Å². The molecule has 1 fully saturated rings. The fourth-order valence-electron chi connectivity index (χ4n) is 2.93. The van der Waals surface area contributed by atoms with E-state index < -0.39 is 0 Å². The van der Waals surface area contributed by atoms with Gasteiger partial charge < -0.3 is 15.5 Å². The lowest BCUT2D eigenvalue weighted by Gasteiger charge is -2.20. The molecule has 2 aromatic rings. The van der Waals surface area contributed by atoms with Crippen molar-refractivity contribution in [1.29, 1.82) is 0 Å². The van der Waals surface area contributed by atoms with Crippen LogP contribution in [0, 0.1) is 13.8 Å². The van der Waals surface area contributed by atoms with Crippen molar-refractivity contribution < 1.29 is 0 Å². The highest BCUT2D eigenvalue weighted by Gasteiger charge is 2.23. The molecule has 5 nitrogen and oxygen atoms in total. The largest absolute Gasteiger partial charge is 0.369 e. The highest BCUT2D eigenvalue weighted by atomic mass is 79.9. The molecule has 1 unspecified atom stereocenters. The van der Waals surface area contributed by atoms with Crippen LogP contribution in [0.3, 0.4) is 0 Å². The van der Waals surface area contributed by atoms with Crippen LogP contribution in [0.25, 0.3) is 0 Å². The summed E-state index contributed by atoms with van der Waals surface area (Å²) in [5.74, 6) is 0.841. The van der Waals surface area contributed by atoms with Crippen LogP contribution < -0.4 is 15.5 Å². The van der Waals surface area contributed by atoms with Gasteiger partial charge in [0.2, 0.25) is 0 Å². The summed E-state index contributed by atoms with van der Waals surface area (Å²) in [6.45, 7) is 6.91. The summed E-state index contributed by atoms with van der Waals surface area (Å²) in [4.78, 5) is 12.6. The van der Waals surface area contributed by atoms with E-state index in [1.165, 1.54) is 10.6 Å². The van der Waals surface area contributed by atoms with E-state index in [-0.39, 0.29) is 0 Å². The molecule has 7 heteroatoms. The van der Waals surface area contributed by atoms with Gasteiger partial charge in [-0.05, 0) is 44.5 Å². The van der Waals surface area contributed by atoms with Crippen LogP contribution in [0.5, 0.6) is 0 Å². The zero-order valence-corrected chi connectivity index (χ0v) is 17.2. The maximum Gasteiger partial charge on any atom is 0.191 e. The lowest BCUT2D eigenvalue weighted by Crippen LogP contribution is -2.44. The fourth-order valence-corrected chi connectivity index (χ4v) is 4.06. The third-order valence-corrected chi connectivity index (χ3v) is 6.03. The van der Waals surface area contributed by atoms with Crippen molar-refractivity contribution in [2.24, 2.45) is 4.99 Å². The average Bonchev–Trinajstić information content (AvgIpc) is 3.19. The summed E-state index contributed by atoms with van der Waals surface area (Å²) >= 11 is 5.23. The maximum atomic E-state index is 4.57. The van der Waals surface area contributed by atoms with Gasteiger partial charge in [-0.15, -0.1) is 11.3 Å². The molecule has 3 rings (SSSR count). The lowest BCUT2D eigenvalue weighted by molar-refractivity contribution is 0.648. The van der Waals surface area contributed by atoms with Crippen molar-refractivity contribution in [2.45, 2.75) is 32.9 Å². The monoisotopic (exact) mass is 421 g/mol. The molecule has 0 spiro atoms. The molecule has 0 amide bonds. The minimum absolute atomic E-state index is 0.398. The molecular weight excluding hydrogens is 398 g/mol. The first kappa shape index (κ1) is 18.2. The molecule has 1 atom stereocenters. The number of anilines is 1. The van der Waals surface area contributed by atoms with Gasteiger partial charge in [-0.25, -0.2) is 4.98 Å². The van der Waals surface area contributed by atoms with Gasteiger partial charge >= 0.3 is 0 Å². The number of halogens is 1. The van der Waals surface area contributed by atoms with E-state index in [0.717, 1.165) is 40.6 Å². The van der Waals surface area contributed by atoms with Crippen molar-refractivity contribution >= 4 is 38.9 Å². The first-order valence-electron chi connectivity index (χ1n) is 8.45. The Balaban J connectivity index is 1.51. The quantitative estimate of drug-likeness (QED) is 0.585. The number of benzene rings is 1. The number of hydrogen-bond acceptors (Lipinski definition) is 4. The molecule has 0 saturated carbocycles. The maximum absolute atomic E-state index is 4.57. The molecule has 0 radical (unpaired) electrons. The van der Waals surface area contributed by atoms with Crippen molar-refractivity contribution in [1.82, 2.24) is 15.6 Å². The SMILES string of the molecule is CN=C(NCc1nc(C)c(C)s1)NC1CCN(c2ccc(Br)cc2)C1. The summed E-state index contributed by atoms with van der Waals surface area (Å²) in [7, 11) is 1.81. The van der Waals surface area contributed by atoms with Gasteiger partial charge in [0, 0.05) is 41.2 Å². The minimum atomic E-state index is 0.398. The first-order valence-corrected chi connectivity index (χ1v) is 10.1. The fraction of sp³-hybridized carbons (Fsp3) is 0.444. The zero-order valence-electron chi connectivity index (χ0n) is 14.8. The van der Waals surface area contributed by atoms with Gasteiger partial charge in [0.05, 0.1) is 12.2 Å². The minimum Gasteiger partial charge on any atom is -0.369 e. The second-order valence-electron chi connectivity index (χ2n) is 6.23. The Morgan fingerprint density at radius 3 is 2.76 bits per heavy atom. The number of aryl methyl sites for hydroxylation is 2. The van der Waals surface area contributed by atoms with Crippen LogP contribution in [-0.4, -0.2) is 37.1 Å². The van der Waals surface area contributed by atoms with E-state index in [2.05, 4.69) is 79.6 Å². The van der Waals surface area contributed by atoms with Crippen molar-refractivity contribution in [3.05, 3.63) is 44.3 Å². The second kappa shape index (κ2) is 8.19. The number of hydrogen-bond donors (Lipinski definition) is 2. The molecule has 1 aromatic heterocycles. The molecule has 1 aromatic carbocycles. The van der Waals surface area contributed by atoms with Crippen LogP contribution in [-0.2, 0) is 6.54 Å². The Morgan fingerprint density at radius 2 is 2.12 bits per heavy atom. The van der Waals surface area contributed by atoms with Crippen molar-refractivity contribution in [3.63, 3.8) is 0 Å². The van der Waals surface area contributed by atoms with Gasteiger partial charge in [-0.2, -0.15) is 0 Å². The number of aliphatic imine (C=N–C) groups is 1. The van der Waals surface area contributed by atoms with Gasteiger partial charge in [-0.3, -0.25) is 4.99 Å². The highest BCUT2D eigenvalue weighted by molar-refractivity contribution is 9.10. The van der Waals surface area contributed by atoms with E-state index in [4.69, 9.17) is 0 Å². The van der Waals surface area contributed by atoms with Gasteiger partial charge in [0.15, 0.2) is 5.96 Å². The molecule has 2 heterocycles. The third kappa shape index (κ3) is 4.73. The van der Waals surface area contributed by atoms with Crippen LogP contribution >= 0.6 is 27.3 Å². The smallest absolute Gasteiger partial charge is 0.191 e. The number of nitrogens with one attached hydrogen (secondary N) is 2. The third-order valence-electron chi connectivity index (χ3n) is 4.42. The summed E-state index contributed by atoms with van der Waals surface area (Å²) in [5, 5.41) is 8.01. The van der Waals surface area contributed by atoms with Gasteiger partial charge in [0.1, 0.15) is 5.01 Å². The van der Waals surface area contributed by atoms with E-state index in [1.807, 2.05) is 7.05 Å². The predicted molar refractivity (Wildman–Crippen MR) is 110 cm³/mol. The molecule has 2 N–H and O–H groups in total. The second-order valence-corrected chi connectivity index (χ2v) is 8.43. The zero-order chi connectivity index (χ0) is 17.8. The standard InChI is InChI=1S/C18H24BrN5S/c1-12-13(2)25-17(22-12)10-21-18(20-3)23-15-8-9-24(11-15)16-6-4-14(19)5-7-16/h4-7,15H,8-11H2,1-3H3,(H2,20,21,23).